The largest absolute Gasteiger partial charge is 0.382 e. The summed E-state index contributed by atoms with van der Waals surface area (Å²) in [4.78, 5) is 47.8. The van der Waals surface area contributed by atoms with Crippen molar-refractivity contribution in [3.63, 3.8) is 0 Å². The third-order valence-corrected chi connectivity index (χ3v) is 4.77. The Morgan fingerprint density at radius 3 is 1.52 bits per heavy atom. The molecular formula is C15H22O10. The molecule has 0 aliphatic carbocycles. The molecule has 25 heavy (non-hydrogen) atoms. The van der Waals surface area contributed by atoms with E-state index in [2.05, 4.69) is 0 Å². The fraction of sp³-hybridized carbons (Fsp3) is 0.733. The van der Waals surface area contributed by atoms with Gasteiger partial charge in [-0.1, -0.05) is 0 Å². The highest BCUT2D eigenvalue weighted by Crippen LogP contribution is 2.50. The first-order chi connectivity index (χ1) is 11.0. The highest BCUT2D eigenvalue weighted by molar-refractivity contribution is 6.06. The van der Waals surface area contributed by atoms with Crippen molar-refractivity contribution in [2.24, 2.45) is 0 Å². The van der Waals surface area contributed by atoms with Crippen molar-refractivity contribution in [3.8, 4) is 0 Å². The van der Waals surface area contributed by atoms with E-state index in [-0.39, 0.29) is 0 Å². The smallest absolute Gasteiger partial charge is 0.215 e. The molecule has 1 aliphatic rings. The Bertz CT molecular complexity index is 640. The Hall–Kier alpha value is -1.56. The first kappa shape index (κ1) is 21.5. The summed E-state index contributed by atoms with van der Waals surface area (Å²) in [5, 5.41) is 52.9. The van der Waals surface area contributed by atoms with Crippen LogP contribution in [0.1, 0.15) is 34.6 Å². The molecule has 10 nitrogen and oxygen atoms in total. The summed E-state index contributed by atoms with van der Waals surface area (Å²) in [7, 11) is 0. The molecule has 10 heteroatoms. The average Bonchev–Trinajstić information content (AvgIpc) is 2.47. The zero-order valence-corrected chi connectivity index (χ0v) is 14.4. The number of Topliss-reactive ketones (excluding diaryl/α,β-unsaturated/α-hetero) is 4. The number of hydrogen-bond acceptors (Lipinski definition) is 10. The van der Waals surface area contributed by atoms with Crippen molar-refractivity contribution in [2.45, 2.75) is 69.4 Å². The van der Waals surface area contributed by atoms with Crippen LogP contribution in [0.25, 0.3) is 0 Å². The molecule has 1 saturated heterocycles. The topological polar surface area (TPSA) is 179 Å². The maximum atomic E-state index is 12.2. The summed E-state index contributed by atoms with van der Waals surface area (Å²) in [6, 6.07) is 0. The van der Waals surface area contributed by atoms with Gasteiger partial charge in [-0.3, -0.25) is 19.2 Å². The fourth-order valence-corrected chi connectivity index (χ4v) is 3.30. The molecule has 0 saturated carbocycles. The van der Waals surface area contributed by atoms with Crippen molar-refractivity contribution in [3.05, 3.63) is 0 Å². The van der Waals surface area contributed by atoms with E-state index in [4.69, 9.17) is 4.74 Å². The van der Waals surface area contributed by atoms with Gasteiger partial charge in [0.25, 0.3) is 0 Å². The zero-order chi connectivity index (χ0) is 20.2. The van der Waals surface area contributed by atoms with E-state index in [9.17, 15) is 44.7 Å². The van der Waals surface area contributed by atoms with Gasteiger partial charge >= 0.3 is 0 Å². The molecule has 0 radical (unpaired) electrons. The van der Waals surface area contributed by atoms with Crippen molar-refractivity contribution < 1.29 is 49.4 Å². The van der Waals surface area contributed by atoms with Crippen molar-refractivity contribution >= 4 is 23.1 Å². The molecular weight excluding hydrogens is 340 g/mol. The van der Waals surface area contributed by atoms with Gasteiger partial charge in [0, 0.05) is 0 Å². The van der Waals surface area contributed by atoms with E-state index in [1.54, 1.807) is 0 Å². The molecule has 1 fully saturated rings. The van der Waals surface area contributed by atoms with Crippen LogP contribution < -0.4 is 0 Å². The number of hydrogen-bond donors (Lipinski definition) is 5. The highest BCUT2D eigenvalue weighted by Gasteiger charge is 2.82. The normalized spacial score (nSPS) is 42.6. The third kappa shape index (κ3) is 2.40. The Kier molecular flexibility index (Phi) is 5.16. The van der Waals surface area contributed by atoms with E-state index in [1.165, 1.54) is 0 Å². The first-order valence-corrected chi connectivity index (χ1v) is 7.32. The molecule has 5 N–H and O–H groups in total. The van der Waals surface area contributed by atoms with Crippen LogP contribution in [0.3, 0.4) is 0 Å². The number of aliphatic hydroxyl groups is 5. The number of ketones is 4. The summed E-state index contributed by atoms with van der Waals surface area (Å²) >= 11 is 0. The van der Waals surface area contributed by atoms with Gasteiger partial charge in [0.05, 0.1) is 0 Å². The number of aliphatic hydroxyl groups excluding tert-OH is 1. The fourth-order valence-electron chi connectivity index (χ4n) is 3.30. The summed E-state index contributed by atoms with van der Waals surface area (Å²) in [5.41, 5.74) is -10.5. The van der Waals surface area contributed by atoms with E-state index >= 15 is 0 Å². The van der Waals surface area contributed by atoms with Crippen molar-refractivity contribution in [1.29, 1.82) is 0 Å². The second-order valence-electron chi connectivity index (χ2n) is 6.43. The summed E-state index contributed by atoms with van der Waals surface area (Å²) in [6.45, 7) is 3.58. The predicted octanol–water partition coefficient (Wildman–Crippen LogP) is -3.00. The number of ether oxygens (including phenoxy) is 1. The molecule has 142 valence electrons. The molecule has 2 unspecified atom stereocenters. The lowest BCUT2D eigenvalue weighted by Gasteiger charge is -2.60. The Balaban J connectivity index is 3.99. The van der Waals surface area contributed by atoms with Gasteiger partial charge in [0.2, 0.25) is 17.0 Å². The standard InChI is InChI=1S/C15H22O10/c1-6(16)10(20)11-13(22,7(2)17)15(24,9(4)19)14(23,8(3)18)12(5,21)25-11/h10-11,20-24H,1-5H3/t10?,11-,12?,13-,14+,15+/m1/s1. The van der Waals surface area contributed by atoms with Gasteiger partial charge in [-0.2, -0.15) is 0 Å². The number of rotatable bonds is 5. The molecule has 0 spiro atoms. The van der Waals surface area contributed by atoms with E-state index < -0.39 is 57.9 Å². The van der Waals surface area contributed by atoms with Gasteiger partial charge in [-0.15, -0.1) is 0 Å². The lowest BCUT2D eigenvalue weighted by Crippen LogP contribution is -2.89. The van der Waals surface area contributed by atoms with Gasteiger partial charge in [-0.25, -0.2) is 0 Å². The van der Waals surface area contributed by atoms with E-state index in [0.29, 0.717) is 27.7 Å². The molecule has 1 heterocycles. The molecule has 0 amide bonds. The summed E-state index contributed by atoms with van der Waals surface area (Å²) in [6.07, 6.45) is -4.60. The van der Waals surface area contributed by atoms with Crippen LogP contribution in [0.4, 0.5) is 0 Å². The van der Waals surface area contributed by atoms with Gasteiger partial charge in [-0.05, 0) is 34.6 Å². The summed E-state index contributed by atoms with van der Waals surface area (Å²) < 4.78 is 4.93. The maximum Gasteiger partial charge on any atom is 0.215 e. The first-order valence-electron chi connectivity index (χ1n) is 7.32. The number of carbonyl (C=O) groups excluding carboxylic acids is 4. The quantitative estimate of drug-likeness (QED) is 0.338. The molecule has 6 atom stereocenters. The molecule has 1 aliphatic heterocycles. The SMILES string of the molecule is CC(=O)C(O)[C@H]1OC(C)(O)[C@@](O)(C(C)=O)[C@](O)(C(C)=O)[C@@]1(O)C(C)=O. The van der Waals surface area contributed by atoms with E-state index in [0.717, 1.165) is 6.92 Å². The lowest BCUT2D eigenvalue weighted by molar-refractivity contribution is -0.405. The lowest BCUT2D eigenvalue weighted by atomic mass is 9.57. The minimum atomic E-state index is -3.61. The van der Waals surface area contributed by atoms with Gasteiger partial charge < -0.3 is 30.3 Å². The van der Waals surface area contributed by atoms with Crippen molar-refractivity contribution in [1.82, 2.24) is 0 Å². The highest BCUT2D eigenvalue weighted by atomic mass is 16.7. The minimum Gasteiger partial charge on any atom is -0.382 e. The Morgan fingerprint density at radius 1 is 0.840 bits per heavy atom. The monoisotopic (exact) mass is 362 g/mol. The molecule has 0 aromatic heterocycles. The minimum absolute atomic E-state index is 0.653. The molecule has 0 bridgehead atoms. The molecule has 1 rings (SSSR count). The third-order valence-electron chi connectivity index (χ3n) is 4.77. The van der Waals surface area contributed by atoms with Crippen LogP contribution >= 0.6 is 0 Å². The number of carbonyl (C=O) groups is 4. The maximum absolute atomic E-state index is 12.2. The van der Waals surface area contributed by atoms with E-state index in [1.807, 2.05) is 0 Å². The van der Waals surface area contributed by atoms with Crippen LogP contribution in [-0.2, 0) is 23.9 Å². The molecule has 0 aromatic carbocycles. The second kappa shape index (κ2) is 6.01. The molecule has 0 aromatic rings. The predicted molar refractivity (Wildman–Crippen MR) is 79.1 cm³/mol. The van der Waals surface area contributed by atoms with Crippen LogP contribution in [-0.4, -0.2) is 83.5 Å². The van der Waals surface area contributed by atoms with Crippen LogP contribution in [0.2, 0.25) is 0 Å². The van der Waals surface area contributed by atoms with Gasteiger partial charge in [0.1, 0.15) is 12.2 Å². The zero-order valence-electron chi connectivity index (χ0n) is 14.4. The van der Waals surface area contributed by atoms with Crippen molar-refractivity contribution in [2.75, 3.05) is 0 Å². The van der Waals surface area contributed by atoms with Crippen LogP contribution in [0.15, 0.2) is 0 Å². The second-order valence-corrected chi connectivity index (χ2v) is 6.43. The average molecular weight is 362 g/mol. The summed E-state index contributed by atoms with van der Waals surface area (Å²) in [5.74, 6) is -8.31. The Morgan fingerprint density at radius 2 is 1.24 bits per heavy atom. The Labute approximate surface area is 143 Å². The van der Waals surface area contributed by atoms with Crippen LogP contribution in [0.5, 0.6) is 0 Å². The van der Waals surface area contributed by atoms with Gasteiger partial charge in [0.15, 0.2) is 28.7 Å². The van der Waals surface area contributed by atoms with Crippen LogP contribution in [0, 0.1) is 0 Å².